The van der Waals surface area contributed by atoms with Gasteiger partial charge in [0.25, 0.3) is 0 Å². The number of primary amides is 1. The second-order valence-corrected chi connectivity index (χ2v) is 10.2. The van der Waals surface area contributed by atoms with Crippen molar-refractivity contribution < 1.29 is 48.6 Å². The third-order valence-corrected chi connectivity index (χ3v) is 6.04. The predicted molar refractivity (Wildman–Crippen MR) is 150 cm³/mol. The fourth-order valence-electron chi connectivity index (χ4n) is 3.60. The average Bonchev–Trinajstić information content (AvgIpc) is 2.91. The number of nitrogens with two attached hydrogens (primary N) is 3. The smallest absolute Gasteiger partial charge is 0.322 e. The highest BCUT2D eigenvalue weighted by molar-refractivity contribution is 5.97. The molecule has 0 unspecified atom stereocenters. The predicted octanol–water partition coefficient (Wildman–Crippen LogP) is -4.00. The molecule has 18 heteroatoms. The Kier molecular flexibility index (Phi) is 17.8. The maximum Gasteiger partial charge on any atom is 0.322 e. The maximum absolute atomic E-state index is 13.2. The molecule has 0 aliphatic rings. The molecule has 0 aromatic heterocycles. The van der Waals surface area contributed by atoms with Gasteiger partial charge in [0.2, 0.25) is 35.4 Å². The summed E-state index contributed by atoms with van der Waals surface area (Å²) in [7, 11) is 0. The van der Waals surface area contributed by atoms with E-state index in [2.05, 4.69) is 26.6 Å². The van der Waals surface area contributed by atoms with Crippen LogP contribution in [0.1, 0.15) is 59.3 Å². The molecule has 244 valence electrons. The first-order valence-corrected chi connectivity index (χ1v) is 13.7. The summed E-state index contributed by atoms with van der Waals surface area (Å²) < 4.78 is 0. The summed E-state index contributed by atoms with van der Waals surface area (Å²) in [5.41, 5.74) is 16.4. The van der Waals surface area contributed by atoms with Crippen molar-refractivity contribution in [3.63, 3.8) is 0 Å². The van der Waals surface area contributed by atoms with E-state index in [9.17, 15) is 38.4 Å². The van der Waals surface area contributed by atoms with Crippen LogP contribution < -0.4 is 43.8 Å². The third-order valence-electron chi connectivity index (χ3n) is 6.04. The number of carbonyl (C=O) groups is 8. The molecule has 0 aromatic carbocycles. The lowest BCUT2D eigenvalue weighted by atomic mass is 10.0. The number of rotatable bonds is 21. The number of unbranched alkanes of at least 4 members (excludes halogenated alkanes) is 1. The van der Waals surface area contributed by atoms with E-state index in [0.29, 0.717) is 19.4 Å². The van der Waals surface area contributed by atoms with Gasteiger partial charge in [-0.3, -0.25) is 38.4 Å². The summed E-state index contributed by atoms with van der Waals surface area (Å²) in [6.45, 7) is 4.12. The van der Waals surface area contributed by atoms with E-state index in [1.807, 2.05) is 0 Å². The van der Waals surface area contributed by atoms with Gasteiger partial charge in [0.1, 0.15) is 30.7 Å². The Bertz CT molecular complexity index is 1020. The van der Waals surface area contributed by atoms with E-state index in [1.54, 1.807) is 13.8 Å². The van der Waals surface area contributed by atoms with Crippen molar-refractivity contribution >= 4 is 47.4 Å². The van der Waals surface area contributed by atoms with Crippen LogP contribution in [0.2, 0.25) is 0 Å². The van der Waals surface area contributed by atoms with Gasteiger partial charge in [0.05, 0.1) is 12.5 Å². The summed E-state index contributed by atoms with van der Waals surface area (Å²) in [5.74, 6) is -8.10. The van der Waals surface area contributed by atoms with E-state index < -0.39 is 96.5 Å². The lowest BCUT2D eigenvalue weighted by Crippen LogP contribution is -2.59. The lowest BCUT2D eigenvalue weighted by molar-refractivity contribution is -0.139. The van der Waals surface area contributed by atoms with Crippen LogP contribution >= 0.6 is 0 Å². The zero-order chi connectivity index (χ0) is 33.3. The second kappa shape index (κ2) is 19.7. The van der Waals surface area contributed by atoms with Crippen LogP contribution in [0.5, 0.6) is 0 Å². The van der Waals surface area contributed by atoms with Gasteiger partial charge in [0.15, 0.2) is 0 Å². The molecular weight excluding hydrogens is 572 g/mol. The van der Waals surface area contributed by atoms with Gasteiger partial charge >= 0.3 is 11.9 Å². The molecule has 43 heavy (non-hydrogen) atoms. The van der Waals surface area contributed by atoms with Crippen LogP contribution in [0.25, 0.3) is 0 Å². The fourth-order valence-corrected chi connectivity index (χ4v) is 3.60. The van der Waals surface area contributed by atoms with Gasteiger partial charge in [-0.2, -0.15) is 0 Å². The number of carboxylic acids is 2. The highest BCUT2D eigenvalue weighted by Gasteiger charge is 2.32. The number of hydrogen-bond acceptors (Lipinski definition) is 10. The summed E-state index contributed by atoms with van der Waals surface area (Å²) in [6.07, 6.45) is -0.298. The molecule has 18 nitrogen and oxygen atoms in total. The highest BCUT2D eigenvalue weighted by Crippen LogP contribution is 2.07. The molecule has 0 heterocycles. The Balaban J connectivity index is 5.67. The first-order chi connectivity index (χ1) is 20.0. The third kappa shape index (κ3) is 16.0. The van der Waals surface area contributed by atoms with Crippen LogP contribution in [0.3, 0.4) is 0 Å². The van der Waals surface area contributed by atoms with E-state index in [1.165, 1.54) is 6.92 Å². The monoisotopic (exact) mass is 616 g/mol. The van der Waals surface area contributed by atoms with Crippen LogP contribution in [0.4, 0.5) is 0 Å². The van der Waals surface area contributed by atoms with E-state index in [-0.39, 0.29) is 19.3 Å². The van der Waals surface area contributed by atoms with Crippen molar-refractivity contribution in [1.29, 1.82) is 0 Å². The minimum atomic E-state index is -1.56. The molecule has 0 saturated carbocycles. The maximum atomic E-state index is 13.2. The normalized spacial score (nSPS) is 14.3. The summed E-state index contributed by atoms with van der Waals surface area (Å²) in [5, 5.41) is 29.2. The average molecular weight is 617 g/mol. The van der Waals surface area contributed by atoms with Crippen LogP contribution in [-0.2, 0) is 38.4 Å². The Labute approximate surface area is 248 Å². The molecule has 5 atom stereocenters. The Morgan fingerprint density at radius 3 is 1.79 bits per heavy atom. The molecule has 0 saturated heterocycles. The van der Waals surface area contributed by atoms with Gasteiger partial charge in [-0.05, 0) is 45.1 Å². The van der Waals surface area contributed by atoms with Gasteiger partial charge in [-0.15, -0.1) is 0 Å². The quantitative estimate of drug-likeness (QED) is 0.0552. The molecule has 0 fully saturated rings. The standard InChI is InChI=1S/C25H44N8O10/c1-12(2)20(25(43)29-11-19(37)38)33-23(41)15(6-4-5-9-26)31-24(42)16(10-17(28)34)32-21(39)13(3)30-22(40)14(27)7-8-18(35)36/h12-16,20H,4-11,26-27H2,1-3H3,(H2,28,34)(H,29,43)(H,30,40)(H,31,42)(H,32,39)(H,33,41)(H,35,36)(H,37,38)/t13-,14-,15-,16-,20-/m0/s1. The Morgan fingerprint density at radius 1 is 0.698 bits per heavy atom. The van der Waals surface area contributed by atoms with E-state index in [4.69, 9.17) is 27.4 Å². The van der Waals surface area contributed by atoms with Crippen molar-refractivity contribution in [1.82, 2.24) is 26.6 Å². The van der Waals surface area contributed by atoms with Crippen LogP contribution in [-0.4, -0.2) is 101 Å². The fraction of sp³-hybridized carbons (Fsp3) is 0.680. The SMILES string of the molecule is CC(C)[C@H](NC(=O)[C@H](CCCCN)NC(=O)[C@H](CC(N)=O)NC(=O)[C@H](C)NC(=O)[C@@H](N)CCC(=O)O)C(=O)NCC(=O)O. The molecule has 0 bridgehead atoms. The zero-order valence-electron chi connectivity index (χ0n) is 24.5. The van der Waals surface area contributed by atoms with Gasteiger partial charge in [0, 0.05) is 6.42 Å². The molecule has 13 N–H and O–H groups in total. The second-order valence-electron chi connectivity index (χ2n) is 10.2. The first-order valence-electron chi connectivity index (χ1n) is 13.7. The number of hydrogen-bond donors (Lipinski definition) is 10. The summed E-state index contributed by atoms with van der Waals surface area (Å²) in [4.78, 5) is 96.9. The van der Waals surface area contributed by atoms with Crippen LogP contribution in [0, 0.1) is 5.92 Å². The topological polar surface area (TPSA) is 315 Å². The molecule has 0 aliphatic carbocycles. The molecule has 0 rings (SSSR count). The van der Waals surface area contributed by atoms with E-state index >= 15 is 0 Å². The van der Waals surface area contributed by atoms with Gasteiger partial charge < -0.3 is 54.0 Å². The number of carbonyl (C=O) groups excluding carboxylic acids is 6. The van der Waals surface area contributed by atoms with Crippen molar-refractivity contribution in [3.8, 4) is 0 Å². The van der Waals surface area contributed by atoms with Crippen LogP contribution in [0.15, 0.2) is 0 Å². The zero-order valence-corrected chi connectivity index (χ0v) is 24.5. The number of aliphatic carboxylic acids is 2. The minimum absolute atomic E-state index is 0.0638. The molecule has 0 spiro atoms. The molecule has 0 aromatic rings. The largest absolute Gasteiger partial charge is 0.481 e. The first kappa shape index (κ1) is 38.7. The highest BCUT2D eigenvalue weighted by atomic mass is 16.4. The minimum Gasteiger partial charge on any atom is -0.481 e. The molecule has 0 radical (unpaired) electrons. The van der Waals surface area contributed by atoms with Gasteiger partial charge in [-0.1, -0.05) is 13.8 Å². The van der Waals surface area contributed by atoms with Crippen molar-refractivity contribution in [2.75, 3.05) is 13.1 Å². The lowest BCUT2D eigenvalue weighted by Gasteiger charge is -2.27. The number of carboxylic acid groups (broad SMARTS) is 2. The molecule has 0 aliphatic heterocycles. The van der Waals surface area contributed by atoms with Crippen molar-refractivity contribution in [2.24, 2.45) is 23.1 Å². The number of nitrogens with one attached hydrogen (secondary N) is 5. The van der Waals surface area contributed by atoms with Crippen molar-refractivity contribution in [2.45, 2.75) is 89.5 Å². The molecular formula is C25H44N8O10. The summed E-state index contributed by atoms with van der Waals surface area (Å²) in [6, 6.07) is -6.43. The Hall–Kier alpha value is -4.32. The Morgan fingerprint density at radius 2 is 1.28 bits per heavy atom. The molecule has 6 amide bonds. The van der Waals surface area contributed by atoms with Gasteiger partial charge in [-0.25, -0.2) is 0 Å². The number of amides is 6. The van der Waals surface area contributed by atoms with E-state index in [0.717, 1.165) is 0 Å². The van der Waals surface area contributed by atoms with Crippen molar-refractivity contribution in [3.05, 3.63) is 0 Å². The summed E-state index contributed by atoms with van der Waals surface area (Å²) >= 11 is 0.